The van der Waals surface area contributed by atoms with Gasteiger partial charge in [-0.05, 0) is 73.8 Å². The predicted molar refractivity (Wildman–Crippen MR) is 111 cm³/mol. The monoisotopic (exact) mass is 389 g/mol. The third-order valence-electron chi connectivity index (χ3n) is 7.47. The molecule has 1 aromatic rings. The summed E-state index contributed by atoms with van der Waals surface area (Å²) in [5, 5.41) is 3.33. The molecule has 1 heterocycles. The number of halogens is 1. The van der Waals surface area contributed by atoms with Gasteiger partial charge < -0.3 is 15.1 Å². The molecule has 148 valence electrons. The first-order chi connectivity index (χ1) is 12.7. The van der Waals surface area contributed by atoms with Gasteiger partial charge in [0.25, 0.3) is 0 Å². The fourth-order valence-corrected chi connectivity index (χ4v) is 6.69. The van der Waals surface area contributed by atoms with E-state index >= 15 is 0 Å². The molecule has 1 N–H and O–H groups in total. The number of nitrogens with one attached hydrogen (secondary N) is 1. The van der Waals surface area contributed by atoms with Gasteiger partial charge in [0.15, 0.2) is 0 Å². The molecule has 0 radical (unpaired) electrons. The van der Waals surface area contributed by atoms with Crippen LogP contribution in [0.5, 0.6) is 0 Å². The minimum atomic E-state index is 0. The molecule has 0 aromatic heterocycles. The van der Waals surface area contributed by atoms with E-state index in [2.05, 4.69) is 40.5 Å². The number of carbonyl (C=O) groups is 1. The maximum absolute atomic E-state index is 12.7. The van der Waals surface area contributed by atoms with Crippen LogP contribution in [0.1, 0.15) is 38.5 Å². The standard InChI is InChI=1S/C22H31N3O.ClH/c26-21(25-8-6-24(7-9-25)20-4-2-1-3-5-20)23-16-22-13-17-10-18(14-22)12-19(11-17)15-22;/h1-5,17-19H,6-16H2,(H,23,26);1H. The average Bonchev–Trinajstić information content (AvgIpc) is 2.66. The SMILES string of the molecule is Cl.O=C(NCC12CC3CC(CC(C3)C1)C2)N1CCN(c2ccccc2)CC1. The van der Waals surface area contributed by atoms with Gasteiger partial charge in [-0.1, -0.05) is 18.2 Å². The lowest BCUT2D eigenvalue weighted by Crippen LogP contribution is -2.55. The first-order valence-electron chi connectivity index (χ1n) is 10.5. The summed E-state index contributed by atoms with van der Waals surface area (Å²) in [5.74, 6) is 2.85. The summed E-state index contributed by atoms with van der Waals surface area (Å²) < 4.78 is 0. The number of hydrogen-bond acceptors (Lipinski definition) is 2. The largest absolute Gasteiger partial charge is 0.368 e. The lowest BCUT2D eigenvalue weighted by molar-refractivity contribution is -0.0502. The molecule has 0 atom stereocenters. The normalized spacial score (nSPS) is 34.3. The number of nitrogens with zero attached hydrogens (tertiary/aromatic N) is 2. The number of anilines is 1. The van der Waals surface area contributed by atoms with Gasteiger partial charge in [-0.2, -0.15) is 0 Å². The molecule has 4 aliphatic carbocycles. The van der Waals surface area contributed by atoms with E-state index in [1.54, 1.807) is 0 Å². The van der Waals surface area contributed by atoms with Gasteiger partial charge in [0.1, 0.15) is 0 Å². The molecule has 5 fully saturated rings. The topological polar surface area (TPSA) is 35.6 Å². The molecule has 1 saturated heterocycles. The van der Waals surface area contributed by atoms with Crippen LogP contribution in [-0.4, -0.2) is 43.7 Å². The number of hydrogen-bond donors (Lipinski definition) is 1. The Bertz CT molecular complexity index is 621. The Kier molecular flexibility index (Phi) is 5.28. The number of para-hydroxylation sites is 1. The Balaban J connectivity index is 0.00000180. The van der Waals surface area contributed by atoms with Crippen LogP contribution in [0.3, 0.4) is 0 Å². The Morgan fingerprint density at radius 3 is 2.04 bits per heavy atom. The smallest absolute Gasteiger partial charge is 0.317 e. The number of carbonyl (C=O) groups excluding carboxylic acids is 1. The van der Waals surface area contributed by atoms with E-state index in [9.17, 15) is 4.79 Å². The number of piperazine rings is 1. The van der Waals surface area contributed by atoms with E-state index in [-0.39, 0.29) is 18.4 Å². The molecule has 5 heteroatoms. The van der Waals surface area contributed by atoms with Crippen LogP contribution in [0.25, 0.3) is 0 Å². The summed E-state index contributed by atoms with van der Waals surface area (Å²) in [7, 11) is 0. The van der Waals surface area contributed by atoms with E-state index in [0.717, 1.165) is 50.5 Å². The van der Waals surface area contributed by atoms with Crippen molar-refractivity contribution in [2.45, 2.75) is 38.5 Å². The Morgan fingerprint density at radius 2 is 1.48 bits per heavy atom. The molecule has 0 unspecified atom stereocenters. The van der Waals surface area contributed by atoms with Gasteiger partial charge in [-0.3, -0.25) is 0 Å². The highest BCUT2D eigenvalue weighted by atomic mass is 35.5. The third-order valence-corrected chi connectivity index (χ3v) is 7.47. The van der Waals surface area contributed by atoms with Crippen LogP contribution in [-0.2, 0) is 0 Å². The molecular weight excluding hydrogens is 358 g/mol. The number of benzene rings is 1. The molecule has 5 aliphatic rings. The van der Waals surface area contributed by atoms with Crippen LogP contribution in [0.2, 0.25) is 0 Å². The minimum absolute atomic E-state index is 0. The summed E-state index contributed by atoms with van der Waals surface area (Å²) in [6.07, 6.45) is 8.49. The van der Waals surface area contributed by atoms with Gasteiger partial charge in [-0.15, -0.1) is 12.4 Å². The average molecular weight is 390 g/mol. The van der Waals surface area contributed by atoms with Crippen molar-refractivity contribution in [3.8, 4) is 0 Å². The van der Waals surface area contributed by atoms with Gasteiger partial charge in [0.05, 0.1) is 0 Å². The number of amides is 2. The number of urea groups is 1. The summed E-state index contributed by atoms with van der Waals surface area (Å²) >= 11 is 0. The van der Waals surface area contributed by atoms with Gasteiger partial charge in [0.2, 0.25) is 0 Å². The highest BCUT2D eigenvalue weighted by molar-refractivity contribution is 5.85. The van der Waals surface area contributed by atoms with Crippen LogP contribution in [0.4, 0.5) is 10.5 Å². The molecule has 4 nitrogen and oxygen atoms in total. The van der Waals surface area contributed by atoms with Gasteiger partial charge in [0, 0.05) is 38.4 Å². The van der Waals surface area contributed by atoms with Crippen molar-refractivity contribution in [2.75, 3.05) is 37.6 Å². The highest BCUT2D eigenvalue weighted by Gasteiger charge is 2.50. The van der Waals surface area contributed by atoms with Crippen molar-refractivity contribution in [2.24, 2.45) is 23.2 Å². The Morgan fingerprint density at radius 1 is 0.926 bits per heavy atom. The first kappa shape index (κ1) is 18.9. The van der Waals surface area contributed by atoms with E-state index in [4.69, 9.17) is 0 Å². The second kappa shape index (κ2) is 7.54. The minimum Gasteiger partial charge on any atom is -0.368 e. The zero-order valence-corrected chi connectivity index (χ0v) is 16.9. The fourth-order valence-electron chi connectivity index (χ4n) is 6.69. The van der Waals surface area contributed by atoms with E-state index in [1.165, 1.54) is 44.2 Å². The van der Waals surface area contributed by atoms with Crippen LogP contribution in [0.15, 0.2) is 30.3 Å². The number of rotatable bonds is 3. The molecule has 27 heavy (non-hydrogen) atoms. The molecule has 6 rings (SSSR count). The molecule has 1 aliphatic heterocycles. The fraction of sp³-hybridized carbons (Fsp3) is 0.682. The van der Waals surface area contributed by atoms with Crippen molar-refractivity contribution in [3.05, 3.63) is 30.3 Å². The van der Waals surface area contributed by atoms with Crippen molar-refractivity contribution in [3.63, 3.8) is 0 Å². The molecule has 4 saturated carbocycles. The zero-order valence-electron chi connectivity index (χ0n) is 16.1. The van der Waals surface area contributed by atoms with Crippen LogP contribution in [0, 0.1) is 23.2 Å². The predicted octanol–water partition coefficient (Wildman–Crippen LogP) is 4.16. The molecule has 1 aromatic carbocycles. The van der Waals surface area contributed by atoms with Crippen molar-refractivity contribution in [1.82, 2.24) is 10.2 Å². The highest BCUT2D eigenvalue weighted by Crippen LogP contribution is 2.59. The lowest BCUT2D eigenvalue weighted by Gasteiger charge is -2.57. The van der Waals surface area contributed by atoms with Crippen LogP contribution < -0.4 is 10.2 Å². The molecule has 4 bridgehead atoms. The molecule has 0 spiro atoms. The molecule has 2 amide bonds. The lowest BCUT2D eigenvalue weighted by atomic mass is 9.49. The molecular formula is C22H32ClN3O. The van der Waals surface area contributed by atoms with Crippen molar-refractivity contribution >= 4 is 24.1 Å². The quantitative estimate of drug-likeness (QED) is 0.842. The van der Waals surface area contributed by atoms with Gasteiger partial charge in [-0.25, -0.2) is 4.79 Å². The summed E-state index contributed by atoms with van der Waals surface area (Å²) in [6.45, 7) is 4.40. The maximum Gasteiger partial charge on any atom is 0.317 e. The van der Waals surface area contributed by atoms with Crippen LogP contribution >= 0.6 is 12.4 Å². The zero-order chi connectivity index (χ0) is 17.6. The third kappa shape index (κ3) is 3.78. The van der Waals surface area contributed by atoms with E-state index in [1.807, 2.05) is 4.90 Å². The Hall–Kier alpha value is -1.42. The first-order valence-corrected chi connectivity index (χ1v) is 10.5. The van der Waals surface area contributed by atoms with Gasteiger partial charge >= 0.3 is 6.03 Å². The maximum atomic E-state index is 12.7. The summed E-state index contributed by atoms with van der Waals surface area (Å²) in [5.41, 5.74) is 1.69. The van der Waals surface area contributed by atoms with E-state index < -0.39 is 0 Å². The summed E-state index contributed by atoms with van der Waals surface area (Å²) in [6, 6.07) is 10.7. The second-order valence-electron chi connectivity index (χ2n) is 9.39. The Labute approximate surface area is 169 Å². The van der Waals surface area contributed by atoms with E-state index in [0.29, 0.717) is 5.41 Å². The van der Waals surface area contributed by atoms with Crippen molar-refractivity contribution in [1.29, 1.82) is 0 Å². The second-order valence-corrected chi connectivity index (χ2v) is 9.39. The summed E-state index contributed by atoms with van der Waals surface area (Å²) in [4.78, 5) is 17.1. The van der Waals surface area contributed by atoms with Crippen molar-refractivity contribution < 1.29 is 4.79 Å².